The van der Waals surface area contributed by atoms with E-state index in [9.17, 15) is 0 Å². The van der Waals surface area contributed by atoms with Crippen LogP contribution in [0.1, 0.15) is 30.1 Å². The first-order valence-electron chi connectivity index (χ1n) is 9.09. The van der Waals surface area contributed by atoms with Crippen molar-refractivity contribution >= 4 is 16.9 Å². The first-order valence-corrected chi connectivity index (χ1v) is 9.91. The molecule has 27 heavy (non-hydrogen) atoms. The van der Waals surface area contributed by atoms with E-state index in [-0.39, 0.29) is 0 Å². The molecule has 1 fully saturated rings. The van der Waals surface area contributed by atoms with Crippen LogP contribution >= 0.6 is 11.3 Å². The molecule has 5 heterocycles. The second-order valence-electron chi connectivity index (χ2n) is 6.85. The number of ether oxygens (including phenoxy) is 1. The Kier molecular flexibility index (Phi) is 4.02. The Balaban J connectivity index is 1.69. The largest absolute Gasteiger partial charge is 0.381 e. The summed E-state index contributed by atoms with van der Waals surface area (Å²) in [4.78, 5) is 10.6. The lowest BCUT2D eigenvalue weighted by molar-refractivity contribution is 0.0847. The van der Waals surface area contributed by atoms with Crippen LogP contribution in [0.4, 0.5) is 0 Å². The Hall–Kier alpha value is -2.58. The van der Waals surface area contributed by atoms with Gasteiger partial charge < -0.3 is 4.74 Å². The predicted molar refractivity (Wildman–Crippen MR) is 104 cm³/mol. The number of rotatable bonds is 3. The second-order valence-corrected chi connectivity index (χ2v) is 7.85. The van der Waals surface area contributed by atoms with Crippen molar-refractivity contribution in [2.24, 2.45) is 7.05 Å². The number of fused-ring (bicyclic) bond motifs is 1. The summed E-state index contributed by atoms with van der Waals surface area (Å²) in [5.41, 5.74) is 4.24. The summed E-state index contributed by atoms with van der Waals surface area (Å²) in [5, 5.41) is 10.2. The zero-order valence-electron chi connectivity index (χ0n) is 15.3. The Bertz CT molecular complexity index is 1100. The smallest absolute Gasteiger partial charge is 0.193 e. The molecule has 1 aliphatic rings. The molecule has 0 saturated carbocycles. The molecule has 5 rings (SSSR count). The lowest BCUT2D eigenvalue weighted by Gasteiger charge is -2.21. The highest BCUT2D eigenvalue weighted by molar-refractivity contribution is 7.18. The molecule has 0 spiro atoms. The van der Waals surface area contributed by atoms with E-state index in [2.05, 4.69) is 21.2 Å². The van der Waals surface area contributed by atoms with Crippen LogP contribution in [0.2, 0.25) is 0 Å². The van der Waals surface area contributed by atoms with Gasteiger partial charge in [-0.2, -0.15) is 10.2 Å². The van der Waals surface area contributed by atoms with Crippen molar-refractivity contribution in [1.29, 1.82) is 0 Å². The Labute approximate surface area is 160 Å². The molecule has 0 unspecified atom stereocenters. The summed E-state index contributed by atoms with van der Waals surface area (Å²) in [6.07, 6.45) is 5.68. The van der Waals surface area contributed by atoms with Crippen molar-refractivity contribution < 1.29 is 4.74 Å². The van der Waals surface area contributed by atoms with Crippen molar-refractivity contribution in [3.05, 3.63) is 42.1 Å². The topological polar surface area (TPSA) is 70.1 Å². The van der Waals surface area contributed by atoms with Gasteiger partial charge in [0.05, 0.1) is 27.3 Å². The molecular weight excluding hydrogens is 360 g/mol. The molecule has 0 aliphatic carbocycles. The molecule has 0 N–H and O–H groups in total. The average Bonchev–Trinajstić information content (AvgIpc) is 3.38. The first-order chi connectivity index (χ1) is 13.2. The van der Waals surface area contributed by atoms with Crippen LogP contribution in [-0.4, -0.2) is 42.6 Å². The summed E-state index contributed by atoms with van der Waals surface area (Å²) >= 11 is 1.66. The molecule has 0 aromatic carbocycles. The molecule has 4 aromatic heterocycles. The highest BCUT2D eigenvalue weighted by atomic mass is 32.1. The van der Waals surface area contributed by atoms with E-state index in [4.69, 9.17) is 9.72 Å². The van der Waals surface area contributed by atoms with Crippen LogP contribution in [0, 0.1) is 6.92 Å². The van der Waals surface area contributed by atoms with Gasteiger partial charge in [-0.25, -0.2) is 14.5 Å². The van der Waals surface area contributed by atoms with Crippen molar-refractivity contribution in [1.82, 2.24) is 29.4 Å². The van der Waals surface area contributed by atoms with E-state index in [1.807, 2.05) is 36.8 Å². The number of thiazole rings is 1. The van der Waals surface area contributed by atoms with Crippen molar-refractivity contribution in [3.63, 3.8) is 0 Å². The first kappa shape index (κ1) is 16.6. The van der Waals surface area contributed by atoms with Crippen LogP contribution in [0.15, 0.2) is 30.7 Å². The normalized spacial score (nSPS) is 15.6. The maximum atomic E-state index is 5.55. The van der Waals surface area contributed by atoms with Gasteiger partial charge in [-0.05, 0) is 31.9 Å². The summed E-state index contributed by atoms with van der Waals surface area (Å²) in [5.74, 6) is 1.13. The predicted octanol–water partition coefficient (Wildman–Crippen LogP) is 3.46. The fourth-order valence-electron chi connectivity index (χ4n) is 3.67. The third-order valence-electron chi connectivity index (χ3n) is 4.99. The lowest BCUT2D eigenvalue weighted by Crippen LogP contribution is -2.15. The molecule has 138 valence electrons. The van der Waals surface area contributed by atoms with Crippen molar-refractivity contribution in [2.45, 2.75) is 25.7 Å². The summed E-state index contributed by atoms with van der Waals surface area (Å²) in [6, 6.07) is 6.11. The van der Waals surface area contributed by atoms with Crippen LogP contribution in [-0.2, 0) is 11.8 Å². The summed E-state index contributed by atoms with van der Waals surface area (Å²) in [7, 11) is 1.89. The standard InChI is InChI=1S/C19H20N6OS/c1-12-15(14-5-3-4-8-25(14)22-12)19-21-16(13-6-9-26-10-7-13)17(27-19)18-20-11-24(2)23-18/h3-5,8,11,13H,6-7,9-10H2,1-2H3. The number of aryl methyl sites for hydroxylation is 2. The maximum Gasteiger partial charge on any atom is 0.193 e. The summed E-state index contributed by atoms with van der Waals surface area (Å²) < 4.78 is 9.21. The molecular formula is C19H20N6OS. The highest BCUT2D eigenvalue weighted by Crippen LogP contribution is 2.42. The molecule has 0 amide bonds. The Morgan fingerprint density at radius 3 is 2.81 bits per heavy atom. The zero-order valence-corrected chi connectivity index (χ0v) is 16.1. The number of aromatic nitrogens is 6. The second kappa shape index (κ2) is 6.54. The van der Waals surface area contributed by atoms with Crippen LogP contribution in [0.3, 0.4) is 0 Å². The molecule has 1 saturated heterocycles. The molecule has 0 bridgehead atoms. The zero-order chi connectivity index (χ0) is 18.4. The molecule has 0 atom stereocenters. The van der Waals surface area contributed by atoms with Gasteiger partial charge in [0.25, 0.3) is 0 Å². The Morgan fingerprint density at radius 2 is 2.04 bits per heavy atom. The number of nitrogens with zero attached hydrogens (tertiary/aromatic N) is 6. The average molecular weight is 380 g/mol. The SMILES string of the molecule is Cc1nn2ccccc2c1-c1nc(C2CCOCC2)c(-c2ncn(C)n2)s1. The van der Waals surface area contributed by atoms with Gasteiger partial charge in [-0.3, -0.25) is 4.68 Å². The highest BCUT2D eigenvalue weighted by Gasteiger charge is 2.27. The van der Waals surface area contributed by atoms with Gasteiger partial charge in [0.2, 0.25) is 0 Å². The summed E-state index contributed by atoms with van der Waals surface area (Å²) in [6.45, 7) is 3.60. The van der Waals surface area contributed by atoms with E-state index >= 15 is 0 Å². The van der Waals surface area contributed by atoms with E-state index in [0.29, 0.717) is 5.92 Å². The fourth-order valence-corrected chi connectivity index (χ4v) is 4.86. The monoisotopic (exact) mass is 380 g/mol. The quantitative estimate of drug-likeness (QED) is 0.544. The van der Waals surface area contributed by atoms with Crippen molar-refractivity contribution in [3.8, 4) is 21.3 Å². The van der Waals surface area contributed by atoms with Crippen LogP contribution < -0.4 is 0 Å². The molecule has 1 aliphatic heterocycles. The minimum Gasteiger partial charge on any atom is -0.381 e. The third-order valence-corrected chi connectivity index (χ3v) is 6.08. The van der Waals surface area contributed by atoms with Gasteiger partial charge in [0.15, 0.2) is 5.82 Å². The lowest BCUT2D eigenvalue weighted by atomic mass is 9.95. The maximum absolute atomic E-state index is 5.55. The van der Waals surface area contributed by atoms with E-state index < -0.39 is 0 Å². The van der Waals surface area contributed by atoms with E-state index in [1.54, 1.807) is 22.3 Å². The molecule has 8 heteroatoms. The van der Waals surface area contributed by atoms with Gasteiger partial charge in [-0.15, -0.1) is 11.3 Å². The third kappa shape index (κ3) is 2.85. The number of pyridine rings is 1. The van der Waals surface area contributed by atoms with E-state index in [0.717, 1.165) is 64.2 Å². The van der Waals surface area contributed by atoms with E-state index in [1.165, 1.54) is 0 Å². The van der Waals surface area contributed by atoms with Crippen LogP contribution in [0.5, 0.6) is 0 Å². The van der Waals surface area contributed by atoms with Gasteiger partial charge >= 0.3 is 0 Å². The van der Waals surface area contributed by atoms with Gasteiger partial charge in [-0.1, -0.05) is 6.07 Å². The van der Waals surface area contributed by atoms with Gasteiger partial charge in [0.1, 0.15) is 11.3 Å². The Morgan fingerprint density at radius 1 is 1.19 bits per heavy atom. The van der Waals surface area contributed by atoms with Gasteiger partial charge in [0, 0.05) is 32.4 Å². The minimum absolute atomic E-state index is 0.379. The molecule has 0 radical (unpaired) electrons. The fraction of sp³-hybridized carbons (Fsp3) is 0.368. The number of hydrogen-bond donors (Lipinski definition) is 0. The molecule has 7 nitrogen and oxygen atoms in total. The van der Waals surface area contributed by atoms with Crippen LogP contribution in [0.25, 0.3) is 26.8 Å². The molecule has 4 aromatic rings. The minimum atomic E-state index is 0.379. The number of hydrogen-bond acceptors (Lipinski definition) is 6. The van der Waals surface area contributed by atoms with Crippen molar-refractivity contribution in [2.75, 3.05) is 13.2 Å².